The van der Waals surface area contributed by atoms with Crippen molar-refractivity contribution in [2.45, 2.75) is 6.42 Å². The minimum atomic E-state index is -1.26. The summed E-state index contributed by atoms with van der Waals surface area (Å²) in [5.41, 5.74) is 1.45. The fraction of sp³-hybridized carbons (Fsp3) is 0.120. The van der Waals surface area contributed by atoms with Gasteiger partial charge < -0.3 is 9.30 Å². The first-order valence-corrected chi connectivity index (χ1v) is 9.64. The lowest BCUT2D eigenvalue weighted by Crippen LogP contribution is -2.21. The van der Waals surface area contributed by atoms with Crippen LogP contribution in [0.25, 0.3) is 10.9 Å². The molecule has 0 saturated heterocycles. The quantitative estimate of drug-likeness (QED) is 0.443. The van der Waals surface area contributed by atoms with Gasteiger partial charge in [0.2, 0.25) is 11.2 Å². The van der Waals surface area contributed by atoms with Gasteiger partial charge in [-0.05, 0) is 17.5 Å². The molecule has 31 heavy (non-hydrogen) atoms. The SMILES string of the molecule is COc1c(F)c(F)cc2c1c(=O)c(C(=O)c1ccccc1Cc1ccccc1)cn2C. The van der Waals surface area contributed by atoms with Crippen LogP contribution < -0.4 is 10.2 Å². The number of rotatable bonds is 5. The fourth-order valence-electron chi connectivity index (χ4n) is 3.75. The Labute approximate surface area is 177 Å². The van der Waals surface area contributed by atoms with Crippen molar-refractivity contribution in [2.75, 3.05) is 7.11 Å². The molecular weight excluding hydrogens is 400 g/mol. The summed E-state index contributed by atoms with van der Waals surface area (Å²) in [6.07, 6.45) is 1.86. The molecule has 6 heteroatoms. The van der Waals surface area contributed by atoms with Crippen molar-refractivity contribution >= 4 is 16.7 Å². The van der Waals surface area contributed by atoms with Crippen LogP contribution in [0, 0.1) is 11.6 Å². The molecule has 0 aliphatic carbocycles. The molecule has 0 saturated carbocycles. The fourth-order valence-corrected chi connectivity index (χ4v) is 3.75. The van der Waals surface area contributed by atoms with Crippen LogP contribution in [0.3, 0.4) is 0 Å². The highest BCUT2D eigenvalue weighted by Gasteiger charge is 2.24. The average Bonchev–Trinajstić information content (AvgIpc) is 2.78. The first kappa shape index (κ1) is 20.5. The second-order valence-electron chi connectivity index (χ2n) is 7.23. The number of aromatic nitrogens is 1. The molecule has 3 aromatic carbocycles. The zero-order valence-electron chi connectivity index (χ0n) is 17.0. The maximum atomic E-state index is 14.3. The summed E-state index contributed by atoms with van der Waals surface area (Å²) in [4.78, 5) is 26.6. The third-order valence-corrected chi connectivity index (χ3v) is 5.28. The zero-order valence-corrected chi connectivity index (χ0v) is 17.0. The Hall–Kier alpha value is -3.80. The monoisotopic (exact) mass is 419 g/mol. The number of ether oxygens (including phenoxy) is 1. The van der Waals surface area contributed by atoms with Crippen LogP contribution in [-0.4, -0.2) is 17.5 Å². The molecule has 4 aromatic rings. The molecule has 0 spiro atoms. The minimum absolute atomic E-state index is 0.134. The molecular formula is C25H19F2NO3. The molecule has 1 aromatic heterocycles. The van der Waals surface area contributed by atoms with Crippen LogP contribution in [0.4, 0.5) is 8.78 Å². The highest BCUT2D eigenvalue weighted by Crippen LogP contribution is 2.29. The molecule has 4 nitrogen and oxygen atoms in total. The standard InChI is InChI=1S/C25H19F2NO3/c1-28-14-18(24(30)21-20(28)13-19(26)22(27)25(21)31-2)23(29)17-11-7-6-10-16(17)12-15-8-4-3-5-9-15/h3-11,13-14H,12H2,1-2H3. The van der Waals surface area contributed by atoms with Crippen molar-refractivity contribution in [3.63, 3.8) is 0 Å². The molecule has 0 radical (unpaired) electrons. The van der Waals surface area contributed by atoms with E-state index in [1.165, 1.54) is 10.8 Å². The molecule has 0 bridgehead atoms. The van der Waals surface area contributed by atoms with E-state index in [2.05, 4.69) is 0 Å². The Bertz CT molecular complexity index is 1360. The van der Waals surface area contributed by atoms with Gasteiger partial charge in [-0.1, -0.05) is 54.6 Å². The van der Waals surface area contributed by atoms with Crippen molar-refractivity contribution in [2.24, 2.45) is 7.05 Å². The second-order valence-corrected chi connectivity index (χ2v) is 7.23. The van der Waals surface area contributed by atoms with E-state index in [1.807, 2.05) is 42.5 Å². The van der Waals surface area contributed by atoms with Crippen molar-refractivity contribution in [3.8, 4) is 5.75 Å². The van der Waals surface area contributed by atoms with Gasteiger partial charge in [-0.2, -0.15) is 4.39 Å². The number of methoxy groups -OCH3 is 1. The Morgan fingerprint density at radius 1 is 1.00 bits per heavy atom. The van der Waals surface area contributed by atoms with Crippen LogP contribution in [0.1, 0.15) is 27.0 Å². The number of pyridine rings is 1. The van der Waals surface area contributed by atoms with Crippen LogP contribution in [0.5, 0.6) is 5.75 Å². The first-order chi connectivity index (χ1) is 14.9. The summed E-state index contributed by atoms with van der Waals surface area (Å²) in [5, 5.41) is -0.171. The summed E-state index contributed by atoms with van der Waals surface area (Å²) in [6, 6.07) is 17.6. The number of halogens is 2. The topological polar surface area (TPSA) is 48.3 Å². The van der Waals surface area contributed by atoms with Gasteiger partial charge >= 0.3 is 0 Å². The number of carbonyl (C=O) groups excluding carboxylic acids is 1. The van der Waals surface area contributed by atoms with Crippen LogP contribution in [0.15, 0.2) is 71.7 Å². The highest BCUT2D eigenvalue weighted by molar-refractivity contribution is 6.11. The summed E-state index contributed by atoms with van der Waals surface area (Å²) < 4.78 is 34.6. The average molecular weight is 419 g/mol. The molecule has 156 valence electrons. The Kier molecular flexibility index (Phi) is 5.38. The van der Waals surface area contributed by atoms with E-state index in [0.717, 1.165) is 24.3 Å². The number of benzene rings is 3. The molecule has 4 rings (SSSR count). The smallest absolute Gasteiger partial charge is 0.204 e. The number of hydrogen-bond donors (Lipinski definition) is 0. The third-order valence-electron chi connectivity index (χ3n) is 5.28. The van der Waals surface area contributed by atoms with Crippen LogP contribution >= 0.6 is 0 Å². The number of hydrogen-bond acceptors (Lipinski definition) is 3. The molecule has 0 aliphatic heterocycles. The predicted molar refractivity (Wildman–Crippen MR) is 115 cm³/mol. The second kappa shape index (κ2) is 8.14. The summed E-state index contributed by atoms with van der Waals surface area (Å²) >= 11 is 0. The van der Waals surface area contributed by atoms with Gasteiger partial charge in [0.1, 0.15) is 0 Å². The summed E-state index contributed by atoms with van der Waals surface area (Å²) in [5.74, 6) is -3.39. The van der Waals surface area contributed by atoms with E-state index in [9.17, 15) is 18.4 Å². The zero-order chi connectivity index (χ0) is 22.1. The number of fused-ring (bicyclic) bond motifs is 1. The van der Waals surface area contributed by atoms with Gasteiger partial charge in [-0.3, -0.25) is 9.59 Å². The Morgan fingerprint density at radius 3 is 2.39 bits per heavy atom. The largest absolute Gasteiger partial charge is 0.493 e. The molecule has 0 atom stereocenters. The van der Waals surface area contributed by atoms with Crippen molar-refractivity contribution in [1.82, 2.24) is 4.57 Å². The van der Waals surface area contributed by atoms with Gasteiger partial charge in [0.05, 0.1) is 23.6 Å². The number of nitrogens with zero attached hydrogens (tertiary/aromatic N) is 1. The normalized spacial score (nSPS) is 11.0. The van der Waals surface area contributed by atoms with E-state index < -0.39 is 28.6 Å². The van der Waals surface area contributed by atoms with Gasteiger partial charge in [0, 0.05) is 24.9 Å². The maximum absolute atomic E-state index is 14.3. The molecule has 0 unspecified atom stereocenters. The molecule has 1 heterocycles. The molecule has 0 fully saturated rings. The third kappa shape index (κ3) is 3.61. The minimum Gasteiger partial charge on any atom is -0.493 e. The maximum Gasteiger partial charge on any atom is 0.204 e. The number of ketones is 1. The molecule has 0 aliphatic rings. The summed E-state index contributed by atoms with van der Waals surface area (Å²) in [6.45, 7) is 0. The van der Waals surface area contributed by atoms with Crippen molar-refractivity contribution in [3.05, 3.63) is 111 Å². The van der Waals surface area contributed by atoms with Crippen LogP contribution in [-0.2, 0) is 13.5 Å². The lowest BCUT2D eigenvalue weighted by molar-refractivity contribution is 0.103. The van der Waals surface area contributed by atoms with E-state index >= 15 is 0 Å². The van der Waals surface area contributed by atoms with E-state index in [0.29, 0.717) is 12.0 Å². The van der Waals surface area contributed by atoms with Gasteiger partial charge in [0.15, 0.2) is 17.3 Å². The lowest BCUT2D eigenvalue weighted by atomic mass is 9.94. The first-order valence-electron chi connectivity index (χ1n) is 9.64. The van der Waals surface area contributed by atoms with Gasteiger partial charge in [-0.15, -0.1) is 0 Å². The number of aryl methyl sites for hydroxylation is 1. The number of carbonyl (C=O) groups is 1. The molecule has 0 N–H and O–H groups in total. The van der Waals surface area contributed by atoms with Crippen LogP contribution in [0.2, 0.25) is 0 Å². The van der Waals surface area contributed by atoms with E-state index in [-0.39, 0.29) is 16.5 Å². The highest BCUT2D eigenvalue weighted by atomic mass is 19.2. The molecule has 0 amide bonds. The lowest BCUT2D eigenvalue weighted by Gasteiger charge is -2.14. The van der Waals surface area contributed by atoms with Gasteiger partial charge in [0.25, 0.3) is 0 Å². The predicted octanol–water partition coefficient (Wildman–Crippen LogP) is 4.65. The van der Waals surface area contributed by atoms with Crippen molar-refractivity contribution < 1.29 is 18.3 Å². The summed E-state index contributed by atoms with van der Waals surface area (Å²) in [7, 11) is 2.71. The Balaban J connectivity index is 1.89. The van der Waals surface area contributed by atoms with Gasteiger partial charge in [-0.25, -0.2) is 4.39 Å². The van der Waals surface area contributed by atoms with E-state index in [4.69, 9.17) is 4.74 Å². The van der Waals surface area contributed by atoms with E-state index in [1.54, 1.807) is 19.2 Å². The van der Waals surface area contributed by atoms with Crippen molar-refractivity contribution in [1.29, 1.82) is 0 Å². The Morgan fingerprint density at radius 2 is 1.68 bits per heavy atom.